The van der Waals surface area contributed by atoms with Crippen molar-refractivity contribution in [3.8, 4) is 11.1 Å². The highest BCUT2D eigenvalue weighted by Crippen LogP contribution is 2.24. The van der Waals surface area contributed by atoms with Crippen molar-refractivity contribution >= 4 is 0 Å². The molecule has 1 aliphatic heterocycles. The molecule has 2 nitrogen and oxygen atoms in total. The van der Waals surface area contributed by atoms with Gasteiger partial charge >= 0.3 is 0 Å². The van der Waals surface area contributed by atoms with E-state index in [0.717, 1.165) is 16.7 Å². The molecule has 1 radical (unpaired) electrons. The summed E-state index contributed by atoms with van der Waals surface area (Å²) < 4.78 is 4.95. The molecule has 0 atom stereocenters. The zero-order chi connectivity index (χ0) is 7.68. The highest BCUT2D eigenvalue weighted by Gasteiger charge is 2.05. The molecule has 1 heterocycles. The molecule has 0 fully saturated rings. The average Bonchev–Trinajstić information content (AvgIpc) is 2.46. The standard InChI is InChI=1S/C9H7O2/c10-5-7-3-8-1-2-11-6-9(8)4-7/h1-2,4,6,10H,5H2. The molecule has 0 aromatic carbocycles. The summed E-state index contributed by atoms with van der Waals surface area (Å²) in [5.74, 6) is 0. The maximum Gasteiger partial charge on any atom is 0.0980 e. The Labute approximate surface area is 64.4 Å². The second-order valence-electron chi connectivity index (χ2n) is 2.38. The number of aliphatic hydroxyl groups excluding tert-OH is 1. The van der Waals surface area contributed by atoms with Crippen molar-refractivity contribution in [3.05, 3.63) is 36.3 Å². The van der Waals surface area contributed by atoms with E-state index in [4.69, 9.17) is 9.52 Å². The van der Waals surface area contributed by atoms with Crippen molar-refractivity contribution in [1.29, 1.82) is 0 Å². The van der Waals surface area contributed by atoms with E-state index < -0.39 is 0 Å². The molecular formula is C9H7O2. The Kier molecular flexibility index (Phi) is 1.40. The van der Waals surface area contributed by atoms with Crippen LogP contribution in [0.2, 0.25) is 0 Å². The Bertz CT molecular complexity index is 294. The maximum absolute atomic E-state index is 8.78. The molecule has 2 aliphatic rings. The summed E-state index contributed by atoms with van der Waals surface area (Å²) in [6, 6.07) is 6.72. The highest BCUT2D eigenvalue weighted by atomic mass is 16.3. The molecule has 0 saturated heterocycles. The van der Waals surface area contributed by atoms with Crippen molar-refractivity contribution in [1.82, 2.24) is 0 Å². The van der Waals surface area contributed by atoms with Gasteiger partial charge in [-0.15, -0.1) is 0 Å². The lowest BCUT2D eigenvalue weighted by Crippen LogP contribution is -1.73. The predicted molar refractivity (Wildman–Crippen MR) is 40.1 cm³/mol. The first-order valence-electron chi connectivity index (χ1n) is 3.38. The first-order valence-corrected chi connectivity index (χ1v) is 3.38. The topological polar surface area (TPSA) is 33.4 Å². The minimum Gasteiger partial charge on any atom is -0.472 e. The van der Waals surface area contributed by atoms with Gasteiger partial charge in [0.1, 0.15) is 0 Å². The summed E-state index contributed by atoms with van der Waals surface area (Å²) in [6.07, 6.45) is 3.24. The van der Waals surface area contributed by atoms with Gasteiger partial charge in [-0.3, -0.25) is 0 Å². The lowest BCUT2D eigenvalue weighted by Gasteiger charge is -1.91. The Morgan fingerprint density at radius 2 is 2.45 bits per heavy atom. The normalized spacial score (nSPS) is 10.6. The van der Waals surface area contributed by atoms with Crippen molar-refractivity contribution in [2.75, 3.05) is 0 Å². The summed E-state index contributed by atoms with van der Waals surface area (Å²) in [4.78, 5) is 0. The van der Waals surface area contributed by atoms with E-state index in [0.29, 0.717) is 0 Å². The van der Waals surface area contributed by atoms with Gasteiger partial charge in [0.25, 0.3) is 0 Å². The van der Waals surface area contributed by atoms with Gasteiger partial charge in [-0.05, 0) is 29.3 Å². The van der Waals surface area contributed by atoms with Gasteiger partial charge in [-0.25, -0.2) is 0 Å². The molecule has 2 rings (SSSR count). The molecule has 11 heavy (non-hydrogen) atoms. The number of rotatable bonds is 1. The zero-order valence-corrected chi connectivity index (χ0v) is 5.87. The van der Waals surface area contributed by atoms with Crippen LogP contribution in [0, 0.1) is 6.07 Å². The predicted octanol–water partition coefficient (Wildman–Crippen LogP) is 1.68. The number of hydrogen-bond donors (Lipinski definition) is 1. The molecule has 0 amide bonds. The fraction of sp³-hybridized carbons (Fsp3) is 0.111. The third kappa shape index (κ3) is 1.01. The van der Waals surface area contributed by atoms with E-state index in [2.05, 4.69) is 6.07 Å². The quantitative estimate of drug-likeness (QED) is 0.665. The fourth-order valence-electron chi connectivity index (χ4n) is 1.09. The van der Waals surface area contributed by atoms with E-state index in [-0.39, 0.29) is 6.61 Å². The van der Waals surface area contributed by atoms with Crippen LogP contribution in [0.25, 0.3) is 11.1 Å². The molecular weight excluding hydrogens is 140 g/mol. The molecule has 1 aliphatic carbocycles. The first-order chi connectivity index (χ1) is 5.40. The fourth-order valence-corrected chi connectivity index (χ4v) is 1.09. The van der Waals surface area contributed by atoms with Crippen LogP contribution >= 0.6 is 0 Å². The minimum atomic E-state index is 0.0364. The number of fused-ring (bicyclic) bond motifs is 1. The summed E-state index contributed by atoms with van der Waals surface area (Å²) in [6.45, 7) is 0.0364. The van der Waals surface area contributed by atoms with E-state index in [1.807, 2.05) is 12.1 Å². The maximum atomic E-state index is 8.78. The van der Waals surface area contributed by atoms with Crippen LogP contribution in [0.3, 0.4) is 0 Å². The molecule has 55 valence electrons. The lowest BCUT2D eigenvalue weighted by atomic mass is 10.2. The lowest BCUT2D eigenvalue weighted by molar-refractivity contribution is 0.282. The minimum absolute atomic E-state index is 0.0364. The van der Waals surface area contributed by atoms with E-state index >= 15 is 0 Å². The van der Waals surface area contributed by atoms with Crippen LogP contribution < -0.4 is 0 Å². The zero-order valence-electron chi connectivity index (χ0n) is 5.87. The molecule has 0 bridgehead atoms. The van der Waals surface area contributed by atoms with Gasteiger partial charge in [0.2, 0.25) is 0 Å². The van der Waals surface area contributed by atoms with Crippen molar-refractivity contribution < 1.29 is 9.52 Å². The smallest absolute Gasteiger partial charge is 0.0980 e. The summed E-state index contributed by atoms with van der Waals surface area (Å²) in [7, 11) is 0. The molecule has 0 aromatic rings. The Morgan fingerprint density at radius 3 is 3.18 bits per heavy atom. The summed E-state index contributed by atoms with van der Waals surface area (Å²) in [5.41, 5.74) is 2.78. The SMILES string of the molecule is OCc1[c]c2ccocc-2c1. The monoisotopic (exact) mass is 147 g/mol. The third-order valence-electron chi connectivity index (χ3n) is 1.61. The molecule has 0 aromatic heterocycles. The number of aliphatic hydroxyl groups is 1. The first kappa shape index (κ1) is 6.43. The number of hydrogen-bond acceptors (Lipinski definition) is 2. The molecule has 0 saturated carbocycles. The second kappa shape index (κ2) is 2.40. The third-order valence-corrected chi connectivity index (χ3v) is 1.61. The van der Waals surface area contributed by atoms with E-state index in [1.54, 1.807) is 12.5 Å². The largest absolute Gasteiger partial charge is 0.472 e. The molecule has 2 heteroatoms. The van der Waals surface area contributed by atoms with Crippen molar-refractivity contribution in [2.24, 2.45) is 0 Å². The van der Waals surface area contributed by atoms with Crippen LogP contribution in [0.1, 0.15) is 5.56 Å². The van der Waals surface area contributed by atoms with Gasteiger partial charge in [-0.1, -0.05) is 0 Å². The van der Waals surface area contributed by atoms with Crippen LogP contribution in [0.15, 0.2) is 29.1 Å². The Balaban J connectivity index is 2.60. The highest BCUT2D eigenvalue weighted by molar-refractivity contribution is 5.65. The van der Waals surface area contributed by atoms with E-state index in [9.17, 15) is 0 Å². The second-order valence-corrected chi connectivity index (χ2v) is 2.38. The van der Waals surface area contributed by atoms with Crippen molar-refractivity contribution in [2.45, 2.75) is 6.61 Å². The summed E-state index contributed by atoms with van der Waals surface area (Å²) >= 11 is 0. The summed E-state index contributed by atoms with van der Waals surface area (Å²) in [5, 5.41) is 8.78. The van der Waals surface area contributed by atoms with Gasteiger partial charge in [-0.2, -0.15) is 0 Å². The van der Waals surface area contributed by atoms with Crippen LogP contribution in [0.5, 0.6) is 0 Å². The van der Waals surface area contributed by atoms with Crippen LogP contribution in [-0.2, 0) is 6.61 Å². The molecule has 1 N–H and O–H groups in total. The Morgan fingerprint density at radius 1 is 1.55 bits per heavy atom. The van der Waals surface area contributed by atoms with Crippen LogP contribution in [0.4, 0.5) is 0 Å². The Hall–Kier alpha value is -1.28. The van der Waals surface area contributed by atoms with Crippen molar-refractivity contribution in [3.63, 3.8) is 0 Å². The van der Waals surface area contributed by atoms with Gasteiger partial charge in [0.05, 0.1) is 19.1 Å². The average molecular weight is 147 g/mol. The van der Waals surface area contributed by atoms with Gasteiger partial charge < -0.3 is 9.52 Å². The van der Waals surface area contributed by atoms with E-state index in [1.165, 1.54) is 0 Å². The molecule has 0 unspecified atom stereocenters. The van der Waals surface area contributed by atoms with Gasteiger partial charge in [0, 0.05) is 5.56 Å². The van der Waals surface area contributed by atoms with Gasteiger partial charge in [0.15, 0.2) is 0 Å². The molecule has 0 spiro atoms. The van der Waals surface area contributed by atoms with Crippen LogP contribution in [-0.4, -0.2) is 5.11 Å².